The van der Waals surface area contributed by atoms with Gasteiger partial charge in [-0.2, -0.15) is 5.26 Å². The summed E-state index contributed by atoms with van der Waals surface area (Å²) in [5.74, 6) is -0.440. The van der Waals surface area contributed by atoms with Crippen molar-refractivity contribution in [2.75, 3.05) is 11.9 Å². The summed E-state index contributed by atoms with van der Waals surface area (Å²) in [7, 11) is 0. The summed E-state index contributed by atoms with van der Waals surface area (Å²) in [6.45, 7) is 2.54. The Morgan fingerprint density at radius 1 is 1.07 bits per heavy atom. The lowest BCUT2D eigenvalue weighted by Crippen LogP contribution is -2.31. The molecule has 0 bridgehead atoms. The molecule has 2 aromatic carbocycles. The van der Waals surface area contributed by atoms with E-state index in [1.807, 2.05) is 25.1 Å². The Kier molecular flexibility index (Phi) is 6.91. The van der Waals surface area contributed by atoms with Gasteiger partial charge in [0.1, 0.15) is 0 Å². The molecule has 1 aromatic heterocycles. The van der Waals surface area contributed by atoms with Crippen molar-refractivity contribution in [3.05, 3.63) is 95.3 Å². The van der Waals surface area contributed by atoms with Gasteiger partial charge in [0.25, 0.3) is 11.8 Å². The molecule has 0 aliphatic carbocycles. The van der Waals surface area contributed by atoms with Gasteiger partial charge in [-0.3, -0.25) is 14.6 Å². The van der Waals surface area contributed by atoms with Crippen molar-refractivity contribution in [3.8, 4) is 6.07 Å². The fraction of sp³-hybridized carbons (Fsp3) is 0.167. The second-order valence-corrected chi connectivity index (χ2v) is 6.85. The van der Waals surface area contributed by atoms with Crippen LogP contribution in [-0.4, -0.2) is 28.2 Å². The monoisotopic (exact) mass is 398 g/mol. The summed E-state index contributed by atoms with van der Waals surface area (Å²) in [6.07, 6.45) is 3.61. The van der Waals surface area contributed by atoms with Crippen LogP contribution in [-0.2, 0) is 6.54 Å². The summed E-state index contributed by atoms with van der Waals surface area (Å²) in [5.41, 5.74) is 3.31. The predicted octanol–water partition coefficient (Wildman–Crippen LogP) is 4.20. The predicted molar refractivity (Wildman–Crippen MR) is 115 cm³/mol. The molecule has 0 saturated heterocycles. The SMILES string of the molecule is Cc1ccc(C(=O)N(CCC#N)Cc2cccnc2)cc1NC(=O)c1ccccc1. The number of anilines is 1. The number of aromatic nitrogens is 1. The fourth-order valence-corrected chi connectivity index (χ4v) is 3.01. The molecule has 6 nitrogen and oxygen atoms in total. The van der Waals surface area contributed by atoms with Crippen molar-refractivity contribution >= 4 is 17.5 Å². The van der Waals surface area contributed by atoms with Gasteiger partial charge >= 0.3 is 0 Å². The molecule has 0 spiro atoms. The third kappa shape index (κ3) is 5.30. The van der Waals surface area contributed by atoms with Crippen LogP contribution in [0.25, 0.3) is 0 Å². The zero-order valence-corrected chi connectivity index (χ0v) is 16.7. The maximum atomic E-state index is 13.2. The number of hydrogen-bond acceptors (Lipinski definition) is 4. The number of rotatable bonds is 7. The van der Waals surface area contributed by atoms with Gasteiger partial charge in [0.05, 0.1) is 12.5 Å². The molecule has 150 valence electrons. The van der Waals surface area contributed by atoms with E-state index in [1.165, 1.54) is 0 Å². The Bertz CT molecular complexity index is 1060. The minimum absolute atomic E-state index is 0.204. The van der Waals surface area contributed by atoms with Crippen LogP contribution in [0.1, 0.15) is 38.3 Å². The first-order valence-corrected chi connectivity index (χ1v) is 9.60. The lowest BCUT2D eigenvalue weighted by Gasteiger charge is -2.22. The lowest BCUT2D eigenvalue weighted by atomic mass is 10.1. The highest BCUT2D eigenvalue weighted by atomic mass is 16.2. The Labute approximate surface area is 175 Å². The Balaban J connectivity index is 1.82. The molecular weight excluding hydrogens is 376 g/mol. The average molecular weight is 398 g/mol. The topological polar surface area (TPSA) is 86.1 Å². The summed E-state index contributed by atoms with van der Waals surface area (Å²) < 4.78 is 0. The summed E-state index contributed by atoms with van der Waals surface area (Å²) in [5, 5.41) is 11.9. The van der Waals surface area contributed by atoms with Gasteiger partial charge < -0.3 is 10.2 Å². The number of carbonyl (C=O) groups is 2. The van der Waals surface area contributed by atoms with Crippen molar-refractivity contribution < 1.29 is 9.59 Å². The number of nitrogens with zero attached hydrogens (tertiary/aromatic N) is 3. The van der Waals surface area contributed by atoms with E-state index in [1.54, 1.807) is 59.8 Å². The highest BCUT2D eigenvalue weighted by Crippen LogP contribution is 2.20. The number of nitrogens with one attached hydrogen (secondary N) is 1. The van der Waals surface area contributed by atoms with E-state index in [0.717, 1.165) is 11.1 Å². The Hall–Kier alpha value is -3.98. The van der Waals surface area contributed by atoms with Gasteiger partial charge in [0.15, 0.2) is 0 Å². The number of aryl methyl sites for hydroxylation is 1. The smallest absolute Gasteiger partial charge is 0.255 e. The van der Waals surface area contributed by atoms with Crippen molar-refractivity contribution in [3.63, 3.8) is 0 Å². The van der Waals surface area contributed by atoms with Crippen LogP contribution < -0.4 is 5.32 Å². The maximum absolute atomic E-state index is 13.2. The van der Waals surface area contributed by atoms with Gasteiger partial charge in [-0.1, -0.05) is 30.3 Å². The fourth-order valence-electron chi connectivity index (χ4n) is 3.01. The van der Waals surface area contributed by atoms with E-state index in [0.29, 0.717) is 29.9 Å². The average Bonchev–Trinajstić information content (AvgIpc) is 2.79. The number of carbonyl (C=O) groups excluding carboxylic acids is 2. The molecule has 0 aliphatic heterocycles. The van der Waals surface area contributed by atoms with Crippen LogP contribution in [0.4, 0.5) is 5.69 Å². The van der Waals surface area contributed by atoms with Gasteiger partial charge in [0.2, 0.25) is 0 Å². The number of pyridine rings is 1. The number of benzene rings is 2. The highest BCUT2D eigenvalue weighted by Gasteiger charge is 2.18. The molecule has 6 heteroatoms. The van der Waals surface area contributed by atoms with Crippen molar-refractivity contribution in [1.82, 2.24) is 9.88 Å². The molecule has 1 N–H and O–H groups in total. The molecule has 0 atom stereocenters. The van der Waals surface area contributed by atoms with Gasteiger partial charge in [-0.25, -0.2) is 0 Å². The third-order valence-electron chi connectivity index (χ3n) is 4.65. The normalized spacial score (nSPS) is 10.1. The maximum Gasteiger partial charge on any atom is 0.255 e. The second kappa shape index (κ2) is 9.99. The first kappa shape index (κ1) is 20.7. The molecule has 30 heavy (non-hydrogen) atoms. The molecule has 0 saturated carbocycles. The van der Waals surface area contributed by atoms with Crippen LogP contribution in [0.2, 0.25) is 0 Å². The van der Waals surface area contributed by atoms with Crippen molar-refractivity contribution in [1.29, 1.82) is 5.26 Å². The van der Waals surface area contributed by atoms with Crippen LogP contribution in [0.3, 0.4) is 0 Å². The summed E-state index contributed by atoms with van der Waals surface area (Å²) in [4.78, 5) is 31.4. The molecule has 0 unspecified atom stereocenters. The molecule has 3 rings (SSSR count). The van der Waals surface area contributed by atoms with Crippen LogP contribution in [0, 0.1) is 18.3 Å². The molecular formula is C24H22N4O2. The lowest BCUT2D eigenvalue weighted by molar-refractivity contribution is 0.0746. The first-order valence-electron chi connectivity index (χ1n) is 9.60. The van der Waals surface area contributed by atoms with E-state index < -0.39 is 0 Å². The number of amides is 2. The largest absolute Gasteiger partial charge is 0.333 e. The molecule has 2 amide bonds. The standard InChI is InChI=1S/C24H22N4O2/c1-18-10-11-21(15-22(18)27-23(29)20-8-3-2-4-9-20)24(30)28(14-6-12-25)17-19-7-5-13-26-16-19/h2-5,7-11,13,15-16H,6,14,17H2,1H3,(H,27,29). The van der Waals surface area contributed by atoms with Gasteiger partial charge in [-0.15, -0.1) is 0 Å². The summed E-state index contributed by atoms with van der Waals surface area (Å²) >= 11 is 0. The highest BCUT2D eigenvalue weighted by molar-refractivity contribution is 6.05. The van der Waals surface area contributed by atoms with E-state index >= 15 is 0 Å². The zero-order valence-electron chi connectivity index (χ0n) is 16.7. The molecule has 0 radical (unpaired) electrons. The second-order valence-electron chi connectivity index (χ2n) is 6.85. The van der Waals surface area contributed by atoms with E-state index in [9.17, 15) is 9.59 Å². The van der Waals surface area contributed by atoms with Crippen LogP contribution in [0.15, 0.2) is 73.1 Å². The minimum Gasteiger partial charge on any atom is -0.333 e. The number of hydrogen-bond donors (Lipinski definition) is 1. The van der Waals surface area contributed by atoms with Crippen molar-refractivity contribution in [2.45, 2.75) is 19.9 Å². The molecule has 1 heterocycles. The van der Waals surface area contributed by atoms with Crippen LogP contribution in [0.5, 0.6) is 0 Å². The van der Waals surface area contributed by atoms with Crippen molar-refractivity contribution in [2.24, 2.45) is 0 Å². The third-order valence-corrected chi connectivity index (χ3v) is 4.65. The zero-order chi connectivity index (χ0) is 21.3. The van der Waals surface area contributed by atoms with Gasteiger partial charge in [-0.05, 0) is 48.4 Å². The minimum atomic E-state index is -0.236. The van der Waals surface area contributed by atoms with E-state index in [2.05, 4.69) is 16.4 Å². The number of nitriles is 1. The molecule has 3 aromatic rings. The summed E-state index contributed by atoms with van der Waals surface area (Å²) in [6, 6.07) is 19.9. The van der Waals surface area contributed by atoms with E-state index in [-0.39, 0.29) is 18.2 Å². The quantitative estimate of drug-likeness (QED) is 0.646. The molecule has 0 aliphatic rings. The first-order chi connectivity index (χ1) is 14.6. The Morgan fingerprint density at radius 2 is 1.87 bits per heavy atom. The molecule has 0 fully saturated rings. The van der Waals surface area contributed by atoms with Crippen LogP contribution >= 0.6 is 0 Å². The van der Waals surface area contributed by atoms with Gasteiger partial charge in [0, 0.05) is 42.3 Å². The Morgan fingerprint density at radius 3 is 2.57 bits per heavy atom. The van der Waals surface area contributed by atoms with E-state index in [4.69, 9.17) is 5.26 Å².